The van der Waals surface area contributed by atoms with Crippen LogP contribution in [0.5, 0.6) is 11.5 Å². The fourth-order valence-electron chi connectivity index (χ4n) is 7.27. The molecule has 0 bridgehead atoms. The maximum absolute atomic E-state index is 13.7. The molecule has 2 saturated heterocycles. The number of carbonyl (C=O) groups is 2. The van der Waals surface area contributed by atoms with Gasteiger partial charge in [-0.15, -0.1) is 0 Å². The molecule has 2 fully saturated rings. The molecule has 2 aromatic heterocycles. The number of hydrogen-bond acceptors (Lipinski definition) is 13. The number of amides is 2. The number of phenolic OH excluding ortho intramolecular Hbond substituents is 2. The number of ether oxygens (including phenoxy) is 3. The second-order valence-corrected chi connectivity index (χ2v) is 12.4. The molecule has 252 valence electrons. The van der Waals surface area contributed by atoms with E-state index in [0.29, 0.717) is 43.6 Å². The molecule has 0 spiro atoms. The second-order valence-electron chi connectivity index (χ2n) is 12.4. The van der Waals surface area contributed by atoms with Crippen LogP contribution in [0.25, 0.3) is 43.6 Å². The van der Waals surface area contributed by atoms with E-state index >= 15 is 0 Å². The number of aromatic nitrogens is 2. The van der Waals surface area contributed by atoms with Crippen LogP contribution in [0.1, 0.15) is 26.9 Å². The lowest BCUT2D eigenvalue weighted by Crippen LogP contribution is -2.59. The number of aliphatic hydroxyl groups excluding tert-OH is 6. The Morgan fingerprint density at radius 2 is 1.44 bits per heavy atom. The number of H-pyrrole nitrogens is 1. The number of carbonyl (C=O) groups excluding carboxylic acids is 2. The van der Waals surface area contributed by atoms with Gasteiger partial charge in [0.15, 0.2) is 12.5 Å². The second kappa shape index (κ2) is 10.8. The van der Waals surface area contributed by atoms with E-state index < -0.39 is 80.3 Å². The van der Waals surface area contributed by atoms with Gasteiger partial charge < -0.3 is 64.6 Å². The lowest BCUT2D eigenvalue weighted by molar-refractivity contribution is -0.306. The van der Waals surface area contributed by atoms with Crippen LogP contribution in [0, 0.1) is 0 Å². The van der Waals surface area contributed by atoms with Crippen molar-refractivity contribution < 1.29 is 64.7 Å². The number of rotatable bonds is 5. The van der Waals surface area contributed by atoms with Crippen LogP contribution in [0.15, 0.2) is 36.4 Å². The van der Waals surface area contributed by atoms with Crippen LogP contribution in [0.2, 0.25) is 0 Å². The summed E-state index contributed by atoms with van der Waals surface area (Å²) in [7, 11) is 1.37. The van der Waals surface area contributed by atoms with E-state index in [1.807, 2.05) is 0 Å². The van der Waals surface area contributed by atoms with Gasteiger partial charge in [0.2, 0.25) is 0 Å². The Bertz CT molecular complexity index is 2160. The first-order chi connectivity index (χ1) is 22.9. The molecule has 9 N–H and O–H groups in total. The van der Waals surface area contributed by atoms with Crippen molar-refractivity contribution in [2.75, 3.05) is 20.3 Å². The van der Waals surface area contributed by atoms with Gasteiger partial charge in [-0.05, 0) is 24.3 Å². The Labute approximate surface area is 269 Å². The monoisotopic (exact) mass is 665 g/mol. The van der Waals surface area contributed by atoms with Crippen LogP contribution in [-0.4, -0.2) is 136 Å². The molecule has 8 rings (SSSR count). The molecule has 3 aromatic carbocycles. The molecule has 0 radical (unpaired) electrons. The van der Waals surface area contributed by atoms with Gasteiger partial charge in [0.05, 0.1) is 46.4 Å². The molecule has 0 aliphatic carbocycles. The maximum Gasteiger partial charge on any atom is 0.262 e. The smallest absolute Gasteiger partial charge is 0.262 e. The van der Waals surface area contributed by atoms with Crippen LogP contribution >= 0.6 is 0 Å². The van der Waals surface area contributed by atoms with Crippen molar-refractivity contribution in [2.24, 2.45) is 0 Å². The first-order valence-corrected chi connectivity index (χ1v) is 15.2. The highest BCUT2D eigenvalue weighted by Gasteiger charge is 2.49. The minimum Gasteiger partial charge on any atom is -0.508 e. The van der Waals surface area contributed by atoms with E-state index in [2.05, 4.69) is 4.98 Å². The van der Waals surface area contributed by atoms with Gasteiger partial charge in [-0.2, -0.15) is 0 Å². The molecule has 9 atom stereocenters. The fourth-order valence-corrected chi connectivity index (χ4v) is 7.27. The van der Waals surface area contributed by atoms with Gasteiger partial charge in [0.1, 0.15) is 54.2 Å². The molecule has 5 heterocycles. The molecular formula is C32H31N3O13. The molecule has 0 saturated carbocycles. The van der Waals surface area contributed by atoms with Crippen molar-refractivity contribution in [1.82, 2.24) is 14.5 Å². The van der Waals surface area contributed by atoms with Crippen LogP contribution in [0.3, 0.4) is 0 Å². The molecule has 3 aliphatic heterocycles. The largest absolute Gasteiger partial charge is 0.508 e. The zero-order valence-corrected chi connectivity index (χ0v) is 25.1. The quantitative estimate of drug-likeness (QED) is 0.108. The summed E-state index contributed by atoms with van der Waals surface area (Å²) in [4.78, 5) is 31.5. The highest BCUT2D eigenvalue weighted by atomic mass is 16.7. The van der Waals surface area contributed by atoms with Gasteiger partial charge in [-0.1, -0.05) is 0 Å². The normalized spacial score (nSPS) is 30.9. The average molecular weight is 666 g/mol. The highest BCUT2D eigenvalue weighted by Crippen LogP contribution is 2.48. The van der Waals surface area contributed by atoms with Crippen LogP contribution in [0.4, 0.5) is 0 Å². The Morgan fingerprint density at radius 1 is 0.792 bits per heavy atom. The molecule has 5 aromatic rings. The first kappa shape index (κ1) is 30.9. The van der Waals surface area contributed by atoms with E-state index in [9.17, 15) is 50.4 Å². The number of aromatic amines is 1. The lowest BCUT2D eigenvalue weighted by atomic mass is 9.96. The van der Waals surface area contributed by atoms with Gasteiger partial charge in [-0.25, -0.2) is 0 Å². The Hall–Kier alpha value is -4.36. The summed E-state index contributed by atoms with van der Waals surface area (Å²) >= 11 is 0. The zero-order valence-electron chi connectivity index (χ0n) is 25.1. The Kier molecular flexibility index (Phi) is 6.98. The number of nitrogens with one attached hydrogen (secondary N) is 1. The number of aliphatic hydroxyl groups is 6. The van der Waals surface area contributed by atoms with Crippen molar-refractivity contribution >= 4 is 55.4 Å². The zero-order chi connectivity index (χ0) is 33.9. The third-order valence-electron chi connectivity index (χ3n) is 9.66. The number of fused-ring (bicyclic) bond motifs is 10. The third-order valence-corrected chi connectivity index (χ3v) is 9.66. The van der Waals surface area contributed by atoms with Gasteiger partial charge >= 0.3 is 0 Å². The number of imide groups is 1. The molecule has 0 unspecified atom stereocenters. The summed E-state index contributed by atoms with van der Waals surface area (Å²) in [6.45, 7) is -1.15. The van der Waals surface area contributed by atoms with Crippen LogP contribution < -0.4 is 0 Å². The minimum absolute atomic E-state index is 0.0492. The number of benzene rings is 3. The summed E-state index contributed by atoms with van der Waals surface area (Å²) in [5.74, 6) is -1.31. The average Bonchev–Trinajstić information content (AvgIpc) is 3.75. The molecule has 16 heteroatoms. The number of aromatic hydroxyl groups is 2. The molecule has 2 amide bonds. The van der Waals surface area contributed by atoms with E-state index in [-0.39, 0.29) is 22.6 Å². The van der Waals surface area contributed by atoms with Crippen molar-refractivity contribution in [3.8, 4) is 11.5 Å². The maximum atomic E-state index is 13.7. The molecule has 16 nitrogen and oxygen atoms in total. The van der Waals surface area contributed by atoms with Gasteiger partial charge in [0, 0.05) is 40.7 Å². The van der Waals surface area contributed by atoms with Gasteiger partial charge in [-0.3, -0.25) is 14.5 Å². The minimum atomic E-state index is -1.71. The van der Waals surface area contributed by atoms with Crippen molar-refractivity contribution in [1.29, 1.82) is 0 Å². The number of hydrogen-bond donors (Lipinski definition) is 9. The topological polar surface area (TPSA) is 248 Å². The number of phenols is 2. The number of nitrogens with zero attached hydrogens (tertiary/aromatic N) is 2. The van der Waals surface area contributed by atoms with Crippen molar-refractivity contribution in [2.45, 2.75) is 55.2 Å². The summed E-state index contributed by atoms with van der Waals surface area (Å²) in [6.07, 6.45) is -13.6. The Morgan fingerprint density at radius 3 is 2.15 bits per heavy atom. The molecular weight excluding hydrogens is 634 g/mol. The summed E-state index contributed by atoms with van der Waals surface area (Å²) in [5, 5.41) is 85.2. The summed E-state index contributed by atoms with van der Waals surface area (Å²) in [5.41, 5.74) is 1.67. The first-order valence-electron chi connectivity index (χ1n) is 15.2. The van der Waals surface area contributed by atoms with E-state index in [4.69, 9.17) is 14.2 Å². The predicted octanol–water partition coefficient (Wildman–Crippen LogP) is -0.498. The SMILES string of the molecule is CN1C(=O)c2c(c3c4ccc(O)cc4n([C@H]4O[C@H](CO[C@H]5O[C@H](CO)[C@@H](O)[C@H](O)[C@H]5O)[C@@H](O)[C@H]4O)c3c3[nH]c4cc(O)ccc4c23)C1=O. The molecule has 3 aliphatic rings. The fraction of sp³-hybridized carbons (Fsp3) is 0.375. The predicted molar refractivity (Wildman–Crippen MR) is 164 cm³/mol. The van der Waals surface area contributed by atoms with Gasteiger partial charge in [0.25, 0.3) is 11.8 Å². The molecule has 48 heavy (non-hydrogen) atoms. The van der Waals surface area contributed by atoms with E-state index in [0.717, 1.165) is 4.90 Å². The Balaban J connectivity index is 1.30. The summed E-state index contributed by atoms with van der Waals surface area (Å²) in [6, 6.07) is 8.90. The lowest BCUT2D eigenvalue weighted by Gasteiger charge is -2.39. The van der Waals surface area contributed by atoms with Crippen molar-refractivity contribution in [3.05, 3.63) is 47.5 Å². The highest BCUT2D eigenvalue weighted by molar-refractivity contribution is 6.39. The van der Waals surface area contributed by atoms with E-state index in [1.165, 1.54) is 35.9 Å². The van der Waals surface area contributed by atoms with Crippen molar-refractivity contribution in [3.63, 3.8) is 0 Å². The van der Waals surface area contributed by atoms with Crippen LogP contribution in [-0.2, 0) is 14.2 Å². The third kappa shape index (κ3) is 4.16. The van der Waals surface area contributed by atoms with E-state index in [1.54, 1.807) is 12.1 Å². The standard InChI is InChI=1S/C32H31N3O13/c1-34-29(44)20-18-12-4-2-10(37)6-14(12)33-22(18)23-19(21(20)30(34)45)13-5-3-11(38)7-15(13)35(23)31-27(42)25(40)17(47-31)9-46-32-28(43)26(41)24(39)16(8-36)48-32/h2-7,16-17,24-28,31-33,36-43H,8-9H2,1H3/t16-,17-,24-,25-,26+,27-,28-,31+,32+/m1/s1. The summed E-state index contributed by atoms with van der Waals surface area (Å²) < 4.78 is 18.7.